The van der Waals surface area contributed by atoms with Gasteiger partial charge in [0.25, 0.3) is 5.91 Å². The van der Waals surface area contributed by atoms with E-state index in [0.717, 1.165) is 0 Å². The van der Waals surface area contributed by atoms with Crippen molar-refractivity contribution >= 4 is 46.5 Å². The Labute approximate surface area is 171 Å². The summed E-state index contributed by atoms with van der Waals surface area (Å²) < 4.78 is 15.7. The zero-order valence-corrected chi connectivity index (χ0v) is 16.7. The predicted molar refractivity (Wildman–Crippen MR) is 108 cm³/mol. The number of amides is 1. The molecule has 0 fully saturated rings. The van der Waals surface area contributed by atoms with Crippen molar-refractivity contribution in [1.29, 1.82) is 0 Å². The fourth-order valence-corrected chi connectivity index (χ4v) is 2.79. The number of aromatic carboxylic acids is 1. The van der Waals surface area contributed by atoms with Crippen LogP contribution in [0.2, 0.25) is 5.02 Å². The minimum atomic E-state index is -1.14. The predicted octanol–water partition coefficient (Wildman–Crippen LogP) is 3.19. The summed E-state index contributed by atoms with van der Waals surface area (Å²) in [6.45, 7) is 0. The SMILES string of the molecule is COc1cc(C(=O)NC(=S)Nc2ccc(C(=O)O)c(Cl)c2)cc(OC)c1OC. The third-order valence-electron chi connectivity index (χ3n) is 3.61. The van der Waals surface area contributed by atoms with Crippen LogP contribution in [0.4, 0.5) is 5.69 Å². The number of ether oxygens (including phenoxy) is 3. The molecule has 0 bridgehead atoms. The highest BCUT2D eigenvalue weighted by Crippen LogP contribution is 2.38. The second-order valence-electron chi connectivity index (χ2n) is 5.32. The summed E-state index contributed by atoms with van der Waals surface area (Å²) in [5, 5.41) is 14.3. The number of thiocarbonyl (C=S) groups is 1. The molecule has 0 aliphatic heterocycles. The molecule has 8 nitrogen and oxygen atoms in total. The maximum absolute atomic E-state index is 12.5. The third-order valence-corrected chi connectivity index (χ3v) is 4.13. The van der Waals surface area contributed by atoms with Crippen LogP contribution in [0, 0.1) is 0 Å². The summed E-state index contributed by atoms with van der Waals surface area (Å²) in [5.74, 6) is -0.654. The van der Waals surface area contributed by atoms with Gasteiger partial charge in [0.1, 0.15) is 0 Å². The molecule has 0 saturated heterocycles. The number of rotatable bonds is 6. The van der Waals surface area contributed by atoms with Crippen LogP contribution in [0.15, 0.2) is 30.3 Å². The number of hydrogen-bond donors (Lipinski definition) is 3. The highest BCUT2D eigenvalue weighted by molar-refractivity contribution is 7.80. The van der Waals surface area contributed by atoms with Gasteiger partial charge in [0.05, 0.1) is 31.9 Å². The zero-order valence-electron chi connectivity index (χ0n) is 15.2. The second kappa shape index (κ2) is 9.25. The summed E-state index contributed by atoms with van der Waals surface area (Å²) in [5.41, 5.74) is 0.614. The molecular formula is C18H17ClN2O6S. The van der Waals surface area contributed by atoms with Gasteiger partial charge in [0, 0.05) is 11.3 Å². The van der Waals surface area contributed by atoms with E-state index in [9.17, 15) is 9.59 Å². The summed E-state index contributed by atoms with van der Waals surface area (Å²) in [6.07, 6.45) is 0. The average Bonchev–Trinajstić information content (AvgIpc) is 2.66. The van der Waals surface area contributed by atoms with Crippen molar-refractivity contribution in [2.45, 2.75) is 0 Å². The highest BCUT2D eigenvalue weighted by atomic mass is 35.5. The van der Waals surface area contributed by atoms with E-state index in [-0.39, 0.29) is 21.3 Å². The van der Waals surface area contributed by atoms with Crippen molar-refractivity contribution in [2.75, 3.05) is 26.6 Å². The topological polar surface area (TPSA) is 106 Å². The van der Waals surface area contributed by atoms with Crippen molar-refractivity contribution < 1.29 is 28.9 Å². The first kappa shape index (κ1) is 21.3. The monoisotopic (exact) mass is 424 g/mol. The molecule has 0 spiro atoms. The molecule has 3 N–H and O–H groups in total. The van der Waals surface area contributed by atoms with Crippen molar-refractivity contribution in [1.82, 2.24) is 5.32 Å². The molecule has 148 valence electrons. The summed E-state index contributed by atoms with van der Waals surface area (Å²) in [6, 6.07) is 7.17. The molecule has 2 rings (SSSR count). The van der Waals surface area contributed by atoms with E-state index >= 15 is 0 Å². The molecule has 10 heteroatoms. The molecule has 28 heavy (non-hydrogen) atoms. The molecule has 0 unspecified atom stereocenters. The first-order valence-corrected chi connectivity index (χ1v) is 8.54. The van der Waals surface area contributed by atoms with Crippen LogP contribution >= 0.6 is 23.8 Å². The molecule has 1 amide bonds. The van der Waals surface area contributed by atoms with Gasteiger partial charge in [-0.25, -0.2) is 4.79 Å². The third kappa shape index (κ3) is 4.81. The average molecular weight is 425 g/mol. The number of carbonyl (C=O) groups is 2. The van der Waals surface area contributed by atoms with Crippen LogP contribution in [0.5, 0.6) is 17.2 Å². The zero-order chi connectivity index (χ0) is 20.8. The van der Waals surface area contributed by atoms with Crippen LogP contribution in [0.1, 0.15) is 20.7 Å². The van der Waals surface area contributed by atoms with Crippen molar-refractivity contribution in [3.8, 4) is 17.2 Å². The Morgan fingerprint density at radius 1 is 1.04 bits per heavy atom. The van der Waals surface area contributed by atoms with Crippen molar-refractivity contribution in [2.24, 2.45) is 0 Å². The van der Waals surface area contributed by atoms with E-state index in [1.807, 2.05) is 0 Å². The van der Waals surface area contributed by atoms with Gasteiger partial charge in [-0.15, -0.1) is 0 Å². The van der Waals surface area contributed by atoms with Gasteiger partial charge in [-0.05, 0) is 42.5 Å². The van der Waals surface area contributed by atoms with E-state index in [2.05, 4.69) is 10.6 Å². The second-order valence-corrected chi connectivity index (χ2v) is 6.14. The number of carboxylic acids is 1. The summed E-state index contributed by atoms with van der Waals surface area (Å²) in [4.78, 5) is 23.5. The maximum Gasteiger partial charge on any atom is 0.337 e. The lowest BCUT2D eigenvalue weighted by Gasteiger charge is -2.15. The Kier molecular flexibility index (Phi) is 7.02. The van der Waals surface area contributed by atoms with Gasteiger partial charge in [0.2, 0.25) is 5.75 Å². The van der Waals surface area contributed by atoms with Gasteiger partial charge in [-0.3, -0.25) is 10.1 Å². The van der Waals surface area contributed by atoms with Crippen LogP contribution in [0.3, 0.4) is 0 Å². The number of nitrogens with one attached hydrogen (secondary N) is 2. The van der Waals surface area contributed by atoms with E-state index in [0.29, 0.717) is 22.9 Å². The fourth-order valence-electron chi connectivity index (χ4n) is 2.32. The van der Waals surface area contributed by atoms with E-state index in [1.54, 1.807) is 0 Å². The molecule has 0 aliphatic carbocycles. The normalized spacial score (nSPS) is 10.0. The lowest BCUT2D eigenvalue weighted by molar-refractivity contribution is 0.0697. The number of halogens is 1. The summed E-state index contributed by atoms with van der Waals surface area (Å²) >= 11 is 11.0. The minimum Gasteiger partial charge on any atom is -0.493 e. The molecule has 0 saturated carbocycles. The molecule has 2 aromatic rings. The van der Waals surface area contributed by atoms with Crippen LogP contribution in [-0.2, 0) is 0 Å². The standard InChI is InChI=1S/C18H17ClN2O6S/c1-25-13-6-9(7-14(26-2)15(13)27-3)16(22)21-18(28)20-10-4-5-11(17(23)24)12(19)8-10/h4-8H,1-3H3,(H,23,24)(H2,20,21,22,28). The van der Waals surface area contributed by atoms with Gasteiger partial charge < -0.3 is 24.6 Å². The van der Waals surface area contributed by atoms with Crippen LogP contribution in [-0.4, -0.2) is 43.4 Å². The van der Waals surface area contributed by atoms with Gasteiger partial charge in [-0.1, -0.05) is 11.6 Å². The highest BCUT2D eigenvalue weighted by Gasteiger charge is 2.18. The largest absolute Gasteiger partial charge is 0.493 e. The fraction of sp³-hybridized carbons (Fsp3) is 0.167. The molecular weight excluding hydrogens is 408 g/mol. The molecule has 0 heterocycles. The number of methoxy groups -OCH3 is 3. The van der Waals surface area contributed by atoms with E-state index in [1.165, 1.54) is 51.7 Å². The quantitative estimate of drug-likeness (QED) is 0.607. The number of carboxylic acid groups (broad SMARTS) is 1. The lowest BCUT2D eigenvalue weighted by atomic mass is 10.1. The molecule has 2 aromatic carbocycles. The van der Waals surface area contributed by atoms with Gasteiger partial charge in [0.15, 0.2) is 16.6 Å². The van der Waals surface area contributed by atoms with Gasteiger partial charge in [-0.2, -0.15) is 0 Å². The smallest absolute Gasteiger partial charge is 0.337 e. The van der Waals surface area contributed by atoms with Crippen molar-refractivity contribution in [3.05, 3.63) is 46.5 Å². The molecule has 0 atom stereocenters. The van der Waals surface area contributed by atoms with Crippen molar-refractivity contribution in [3.63, 3.8) is 0 Å². The van der Waals surface area contributed by atoms with Gasteiger partial charge >= 0.3 is 5.97 Å². The number of benzene rings is 2. The Balaban J connectivity index is 2.15. The lowest BCUT2D eigenvalue weighted by Crippen LogP contribution is -2.34. The Morgan fingerprint density at radius 2 is 1.64 bits per heavy atom. The molecule has 0 radical (unpaired) electrons. The van der Waals surface area contributed by atoms with Crippen LogP contribution < -0.4 is 24.8 Å². The maximum atomic E-state index is 12.5. The minimum absolute atomic E-state index is 0.00195. The first-order valence-electron chi connectivity index (χ1n) is 7.75. The van der Waals surface area contributed by atoms with E-state index < -0.39 is 11.9 Å². The number of anilines is 1. The number of hydrogen-bond acceptors (Lipinski definition) is 6. The Morgan fingerprint density at radius 3 is 2.11 bits per heavy atom. The molecule has 0 aromatic heterocycles. The number of carbonyl (C=O) groups excluding carboxylic acids is 1. The molecule has 0 aliphatic rings. The Hall–Kier alpha value is -3.04. The first-order chi connectivity index (χ1) is 13.3. The van der Waals surface area contributed by atoms with Crippen LogP contribution in [0.25, 0.3) is 0 Å². The Bertz CT molecular complexity index is 909. The van der Waals surface area contributed by atoms with E-state index in [4.69, 9.17) is 43.1 Å². The summed E-state index contributed by atoms with van der Waals surface area (Å²) in [7, 11) is 4.34.